The quantitative estimate of drug-likeness (QED) is 0.0243. The number of nitrogens with zero attached hydrogens (tertiary/aromatic N) is 1. The van der Waals surface area contributed by atoms with Gasteiger partial charge in [-0.3, -0.25) is 13.8 Å². The van der Waals surface area contributed by atoms with Crippen molar-refractivity contribution in [2.24, 2.45) is 0 Å². The number of aliphatic hydroxyl groups is 1. The Labute approximate surface area is 487 Å². The number of likely N-dealkylation sites (N-methyl/N-ethyl adjacent to an activating group) is 1. The molecule has 3 atom stereocenters. The van der Waals surface area contributed by atoms with Crippen LogP contribution in [0.3, 0.4) is 0 Å². The molecule has 3 unspecified atom stereocenters. The summed E-state index contributed by atoms with van der Waals surface area (Å²) in [4.78, 5) is 23.4. The average molecular weight is 1120 g/mol. The van der Waals surface area contributed by atoms with Crippen molar-refractivity contribution >= 4 is 13.7 Å². The van der Waals surface area contributed by atoms with Crippen LogP contribution in [0, 0.1) is 0 Å². The predicted octanol–water partition coefficient (Wildman–Crippen LogP) is 21.7. The van der Waals surface area contributed by atoms with E-state index in [0.29, 0.717) is 17.4 Å². The Bertz CT molecular complexity index is 1360. The van der Waals surface area contributed by atoms with E-state index in [2.05, 4.69) is 43.5 Å². The van der Waals surface area contributed by atoms with E-state index in [9.17, 15) is 19.4 Å². The van der Waals surface area contributed by atoms with E-state index in [0.717, 1.165) is 38.5 Å². The third-order valence-electron chi connectivity index (χ3n) is 15.9. The molecule has 0 bridgehead atoms. The molecule has 0 aliphatic rings. The maximum Gasteiger partial charge on any atom is 0.472 e. The fourth-order valence-corrected chi connectivity index (χ4v) is 11.2. The van der Waals surface area contributed by atoms with Gasteiger partial charge in [-0.2, -0.15) is 0 Å². The lowest BCUT2D eigenvalue weighted by Gasteiger charge is -2.25. The Kier molecular flexibility index (Phi) is 59.3. The van der Waals surface area contributed by atoms with Gasteiger partial charge in [0.05, 0.1) is 39.9 Å². The standard InChI is InChI=1S/C69H135N2O6P/c1-6-8-10-12-14-16-18-20-22-24-26-28-30-32-33-34-35-36-37-39-41-43-45-47-49-51-53-55-57-59-61-63-69(73)70-67(66-77-78(74,75)76-65-64-71(3,4)5)68(72)62-60-58-56-54-52-50-48-46-44-42-40-38-31-29-27-25-23-21-19-17-15-13-11-9-7-2/h26,28,32-33,60,62,67-68,72H,6-25,27,29-31,34-59,61,63-66H2,1-5H3,(H-,70,73,74,75)/p+1/b28-26-,33-32-,62-60+. The molecular weight excluding hydrogens is 984 g/mol. The molecule has 0 spiro atoms. The molecule has 0 aliphatic heterocycles. The first-order chi connectivity index (χ1) is 38.0. The summed E-state index contributed by atoms with van der Waals surface area (Å²) in [6, 6.07) is -0.847. The van der Waals surface area contributed by atoms with Gasteiger partial charge in [0.15, 0.2) is 0 Å². The number of aliphatic hydroxyl groups excluding tert-OH is 1. The third-order valence-corrected chi connectivity index (χ3v) is 16.8. The molecule has 78 heavy (non-hydrogen) atoms. The second kappa shape index (κ2) is 60.3. The van der Waals surface area contributed by atoms with E-state index in [1.165, 1.54) is 289 Å². The van der Waals surface area contributed by atoms with Crippen molar-refractivity contribution in [3.8, 4) is 0 Å². The number of rotatable bonds is 64. The van der Waals surface area contributed by atoms with Crippen LogP contribution in [0.1, 0.15) is 348 Å². The van der Waals surface area contributed by atoms with Crippen molar-refractivity contribution in [1.29, 1.82) is 0 Å². The van der Waals surface area contributed by atoms with E-state index in [-0.39, 0.29) is 19.1 Å². The highest BCUT2D eigenvalue weighted by Crippen LogP contribution is 2.43. The molecule has 0 aromatic heterocycles. The Morgan fingerprint density at radius 3 is 1.05 bits per heavy atom. The monoisotopic (exact) mass is 1120 g/mol. The molecule has 0 rings (SSSR count). The summed E-state index contributed by atoms with van der Waals surface area (Å²) >= 11 is 0. The molecule has 462 valence electrons. The zero-order valence-corrected chi connectivity index (χ0v) is 53.8. The summed E-state index contributed by atoms with van der Waals surface area (Å²) in [6.07, 6.45) is 80.0. The summed E-state index contributed by atoms with van der Waals surface area (Å²) in [5.74, 6) is -0.171. The van der Waals surface area contributed by atoms with Crippen LogP contribution in [0.5, 0.6) is 0 Å². The molecule has 1 amide bonds. The van der Waals surface area contributed by atoms with Gasteiger partial charge in [-0.25, -0.2) is 4.57 Å². The minimum Gasteiger partial charge on any atom is -0.387 e. The zero-order chi connectivity index (χ0) is 57.0. The molecule has 0 radical (unpaired) electrons. The van der Waals surface area contributed by atoms with Gasteiger partial charge in [-0.05, 0) is 51.4 Å². The van der Waals surface area contributed by atoms with Gasteiger partial charge >= 0.3 is 7.82 Å². The van der Waals surface area contributed by atoms with Crippen LogP contribution in [0.15, 0.2) is 36.5 Å². The number of quaternary nitrogens is 1. The van der Waals surface area contributed by atoms with Gasteiger partial charge in [0.1, 0.15) is 13.2 Å². The number of nitrogens with one attached hydrogen (secondary N) is 1. The number of unbranched alkanes of at least 4 members (excludes halogenated alkanes) is 47. The van der Waals surface area contributed by atoms with Gasteiger partial charge in [0.2, 0.25) is 5.91 Å². The van der Waals surface area contributed by atoms with Crippen molar-refractivity contribution < 1.29 is 32.9 Å². The first-order valence-electron chi connectivity index (χ1n) is 34.4. The Hall–Kier alpha value is -1.28. The van der Waals surface area contributed by atoms with Crippen molar-refractivity contribution in [2.75, 3.05) is 40.9 Å². The Balaban J connectivity index is 4.07. The van der Waals surface area contributed by atoms with Gasteiger partial charge in [0, 0.05) is 6.42 Å². The molecule has 0 aromatic rings. The van der Waals surface area contributed by atoms with Crippen LogP contribution < -0.4 is 5.32 Å². The molecule has 0 aromatic carbocycles. The van der Waals surface area contributed by atoms with Crippen molar-refractivity contribution in [3.63, 3.8) is 0 Å². The lowest BCUT2D eigenvalue weighted by Crippen LogP contribution is -2.45. The Morgan fingerprint density at radius 1 is 0.436 bits per heavy atom. The smallest absolute Gasteiger partial charge is 0.387 e. The highest BCUT2D eigenvalue weighted by molar-refractivity contribution is 7.47. The van der Waals surface area contributed by atoms with Gasteiger partial charge < -0.3 is 19.8 Å². The molecule has 0 aliphatic carbocycles. The van der Waals surface area contributed by atoms with Gasteiger partial charge in [-0.15, -0.1) is 0 Å². The van der Waals surface area contributed by atoms with Crippen molar-refractivity contribution in [1.82, 2.24) is 5.32 Å². The maximum absolute atomic E-state index is 13.0. The minimum absolute atomic E-state index is 0.0629. The lowest BCUT2D eigenvalue weighted by atomic mass is 10.0. The van der Waals surface area contributed by atoms with Crippen LogP contribution in [0.2, 0.25) is 0 Å². The number of hydrogen-bond donors (Lipinski definition) is 3. The average Bonchev–Trinajstić information content (AvgIpc) is 3.41. The van der Waals surface area contributed by atoms with E-state index in [1.54, 1.807) is 6.08 Å². The van der Waals surface area contributed by atoms with E-state index < -0.39 is 20.0 Å². The molecule has 3 N–H and O–H groups in total. The maximum atomic E-state index is 13.0. The highest BCUT2D eigenvalue weighted by atomic mass is 31.2. The van der Waals surface area contributed by atoms with E-state index in [1.807, 2.05) is 27.2 Å². The minimum atomic E-state index is -4.35. The Morgan fingerprint density at radius 2 is 0.731 bits per heavy atom. The summed E-state index contributed by atoms with van der Waals surface area (Å²) in [6.45, 7) is 4.87. The number of allylic oxidation sites excluding steroid dienone is 5. The largest absolute Gasteiger partial charge is 0.472 e. The molecular formula is C69H136N2O6P+. The third kappa shape index (κ3) is 62.3. The summed E-state index contributed by atoms with van der Waals surface area (Å²) in [7, 11) is 1.59. The number of phosphoric ester groups is 1. The van der Waals surface area contributed by atoms with Crippen molar-refractivity contribution in [3.05, 3.63) is 36.5 Å². The first kappa shape index (κ1) is 76.7. The fraction of sp³-hybridized carbons (Fsp3) is 0.899. The van der Waals surface area contributed by atoms with E-state index in [4.69, 9.17) is 9.05 Å². The van der Waals surface area contributed by atoms with Crippen molar-refractivity contribution in [2.45, 2.75) is 360 Å². The van der Waals surface area contributed by atoms with Crippen LogP contribution in [0.25, 0.3) is 0 Å². The summed E-state index contributed by atoms with van der Waals surface area (Å²) < 4.78 is 23.8. The second-order valence-electron chi connectivity index (χ2n) is 24.9. The predicted molar refractivity (Wildman–Crippen MR) is 341 cm³/mol. The number of phosphoric acid groups is 1. The molecule has 0 fully saturated rings. The summed E-state index contributed by atoms with van der Waals surface area (Å²) in [5.41, 5.74) is 0. The van der Waals surface area contributed by atoms with E-state index >= 15 is 0 Å². The lowest BCUT2D eigenvalue weighted by molar-refractivity contribution is -0.870. The topological polar surface area (TPSA) is 105 Å². The highest BCUT2D eigenvalue weighted by Gasteiger charge is 2.28. The van der Waals surface area contributed by atoms with Crippen LogP contribution in [-0.4, -0.2) is 73.4 Å². The SMILES string of the molecule is CCCCCCCCCCC/C=C\C/C=C\CCCCCCCCCCCCCCCCCC(=O)NC(COP(=O)(O)OCC[N+](C)(C)C)C(O)/C=C/CCCCCCCCCCCCCCCCCCCCCCCCC. The number of amides is 1. The van der Waals surface area contributed by atoms with Gasteiger partial charge in [0.25, 0.3) is 0 Å². The second-order valence-corrected chi connectivity index (χ2v) is 26.4. The van der Waals surface area contributed by atoms with Gasteiger partial charge in [-0.1, -0.05) is 326 Å². The molecule has 0 heterocycles. The normalized spacial score (nSPS) is 13.9. The van der Waals surface area contributed by atoms with Crippen LogP contribution >= 0.6 is 7.82 Å². The number of carbonyl (C=O) groups is 1. The first-order valence-corrected chi connectivity index (χ1v) is 35.9. The van der Waals surface area contributed by atoms with Crippen LogP contribution in [0.4, 0.5) is 0 Å². The number of carbonyl (C=O) groups excluding carboxylic acids is 1. The molecule has 0 saturated carbocycles. The molecule has 9 heteroatoms. The number of hydrogen-bond acceptors (Lipinski definition) is 5. The molecule has 0 saturated heterocycles. The van der Waals surface area contributed by atoms with Crippen LogP contribution in [-0.2, 0) is 18.4 Å². The zero-order valence-electron chi connectivity index (χ0n) is 52.9. The fourth-order valence-electron chi connectivity index (χ4n) is 10.5. The summed E-state index contributed by atoms with van der Waals surface area (Å²) in [5, 5.41) is 14.0. The molecule has 8 nitrogen and oxygen atoms in total.